The number of anilines is 1. The van der Waals surface area contributed by atoms with E-state index in [0.29, 0.717) is 6.54 Å². The standard InChI is InChI=1S/C16H25FN2O/c1-5-18-9-13-14(17)7-6-8-15(13)19-10-12(2)20-16(3,4)11-19/h6-8,12,18H,5,9-11H2,1-4H3. The van der Waals surface area contributed by atoms with E-state index >= 15 is 0 Å². The summed E-state index contributed by atoms with van der Waals surface area (Å²) < 4.78 is 20.0. The van der Waals surface area contributed by atoms with Crippen molar-refractivity contribution in [3.63, 3.8) is 0 Å². The molecule has 0 aliphatic carbocycles. The Labute approximate surface area is 121 Å². The molecule has 0 amide bonds. The summed E-state index contributed by atoms with van der Waals surface area (Å²) in [6.07, 6.45) is 0.147. The minimum Gasteiger partial charge on any atom is -0.369 e. The maximum atomic E-state index is 14.1. The Bertz CT molecular complexity index is 462. The molecule has 1 saturated heterocycles. The third-order valence-corrected chi connectivity index (χ3v) is 3.56. The molecule has 3 nitrogen and oxygen atoms in total. The first-order valence-electron chi connectivity index (χ1n) is 7.34. The molecule has 0 saturated carbocycles. The second-order valence-corrected chi connectivity index (χ2v) is 6.09. The molecule has 1 aromatic carbocycles. The maximum absolute atomic E-state index is 14.1. The summed E-state index contributed by atoms with van der Waals surface area (Å²) in [5.74, 6) is -0.139. The molecule has 1 atom stereocenters. The highest BCUT2D eigenvalue weighted by molar-refractivity contribution is 5.55. The Morgan fingerprint density at radius 3 is 2.85 bits per heavy atom. The van der Waals surface area contributed by atoms with E-state index in [1.165, 1.54) is 6.07 Å². The molecule has 112 valence electrons. The largest absolute Gasteiger partial charge is 0.369 e. The average Bonchev–Trinajstić information content (AvgIpc) is 2.34. The van der Waals surface area contributed by atoms with E-state index in [-0.39, 0.29) is 17.5 Å². The van der Waals surface area contributed by atoms with Crippen LogP contribution >= 0.6 is 0 Å². The Balaban J connectivity index is 2.29. The van der Waals surface area contributed by atoms with Crippen LogP contribution in [-0.2, 0) is 11.3 Å². The Hall–Kier alpha value is -1.13. The van der Waals surface area contributed by atoms with E-state index in [1.807, 2.05) is 13.0 Å². The molecule has 4 heteroatoms. The molecule has 1 aromatic rings. The van der Waals surface area contributed by atoms with E-state index in [2.05, 4.69) is 31.0 Å². The molecule has 1 aliphatic heterocycles. The molecule has 2 rings (SSSR count). The molecule has 20 heavy (non-hydrogen) atoms. The Kier molecular flexibility index (Phi) is 4.66. The molecule has 1 aliphatic rings. The highest BCUT2D eigenvalue weighted by Gasteiger charge is 2.32. The zero-order valence-electron chi connectivity index (χ0n) is 12.9. The van der Waals surface area contributed by atoms with Crippen molar-refractivity contribution < 1.29 is 9.13 Å². The monoisotopic (exact) mass is 280 g/mol. The fourth-order valence-electron chi connectivity index (χ4n) is 2.91. The van der Waals surface area contributed by atoms with Crippen LogP contribution in [0.5, 0.6) is 0 Å². The van der Waals surface area contributed by atoms with Crippen LogP contribution in [-0.4, -0.2) is 31.3 Å². The number of hydrogen-bond donors (Lipinski definition) is 1. The number of nitrogens with one attached hydrogen (secondary N) is 1. The fourth-order valence-corrected chi connectivity index (χ4v) is 2.91. The molecular formula is C16H25FN2O. The summed E-state index contributed by atoms with van der Waals surface area (Å²) in [6.45, 7) is 11.2. The van der Waals surface area contributed by atoms with Crippen molar-refractivity contribution in [3.8, 4) is 0 Å². The predicted octanol–water partition coefficient (Wildman–Crippen LogP) is 2.94. The van der Waals surface area contributed by atoms with Gasteiger partial charge in [-0.15, -0.1) is 0 Å². The van der Waals surface area contributed by atoms with Crippen LogP contribution in [0.15, 0.2) is 18.2 Å². The number of ether oxygens (including phenoxy) is 1. The third-order valence-electron chi connectivity index (χ3n) is 3.56. The van der Waals surface area contributed by atoms with Gasteiger partial charge in [0.15, 0.2) is 0 Å². The first-order chi connectivity index (χ1) is 9.43. The minimum atomic E-state index is -0.209. The quantitative estimate of drug-likeness (QED) is 0.917. The van der Waals surface area contributed by atoms with Crippen molar-refractivity contribution in [2.24, 2.45) is 0 Å². The van der Waals surface area contributed by atoms with Gasteiger partial charge in [-0.1, -0.05) is 13.0 Å². The van der Waals surface area contributed by atoms with Crippen molar-refractivity contribution in [3.05, 3.63) is 29.6 Å². The normalized spacial score (nSPS) is 22.1. The molecule has 1 fully saturated rings. The highest BCUT2D eigenvalue weighted by Crippen LogP contribution is 2.29. The van der Waals surface area contributed by atoms with Gasteiger partial charge >= 0.3 is 0 Å². The van der Waals surface area contributed by atoms with Gasteiger partial charge in [0.25, 0.3) is 0 Å². The van der Waals surface area contributed by atoms with Crippen LogP contribution in [0.1, 0.15) is 33.3 Å². The smallest absolute Gasteiger partial charge is 0.129 e. The molecule has 1 N–H and O–H groups in total. The van der Waals surface area contributed by atoms with E-state index in [4.69, 9.17) is 4.74 Å². The molecule has 0 bridgehead atoms. The molecular weight excluding hydrogens is 255 g/mol. The van der Waals surface area contributed by atoms with Crippen LogP contribution in [0.3, 0.4) is 0 Å². The molecule has 0 radical (unpaired) electrons. The third kappa shape index (κ3) is 3.49. The van der Waals surface area contributed by atoms with E-state index in [9.17, 15) is 4.39 Å². The Morgan fingerprint density at radius 2 is 2.20 bits per heavy atom. The topological polar surface area (TPSA) is 24.5 Å². The summed E-state index contributed by atoms with van der Waals surface area (Å²) >= 11 is 0. The van der Waals surface area contributed by atoms with Gasteiger partial charge in [-0.2, -0.15) is 0 Å². The number of hydrogen-bond acceptors (Lipinski definition) is 3. The lowest BCUT2D eigenvalue weighted by atomic mass is 10.0. The van der Waals surface area contributed by atoms with Crippen LogP contribution in [0.4, 0.5) is 10.1 Å². The van der Waals surface area contributed by atoms with Crippen molar-refractivity contribution in [2.75, 3.05) is 24.5 Å². The summed E-state index contributed by atoms with van der Waals surface area (Å²) in [6, 6.07) is 5.32. The van der Waals surface area contributed by atoms with Crippen LogP contribution in [0.2, 0.25) is 0 Å². The maximum Gasteiger partial charge on any atom is 0.129 e. The van der Waals surface area contributed by atoms with Crippen LogP contribution < -0.4 is 10.2 Å². The lowest BCUT2D eigenvalue weighted by molar-refractivity contribution is -0.0750. The molecule has 1 heterocycles. The minimum absolute atomic E-state index is 0.139. The summed E-state index contributed by atoms with van der Waals surface area (Å²) in [5.41, 5.74) is 1.52. The van der Waals surface area contributed by atoms with E-state index in [1.54, 1.807) is 6.07 Å². The van der Waals surface area contributed by atoms with Crippen molar-refractivity contribution in [1.29, 1.82) is 0 Å². The number of morpholine rings is 1. The first kappa shape index (κ1) is 15.3. The van der Waals surface area contributed by atoms with E-state index in [0.717, 1.165) is 30.9 Å². The first-order valence-corrected chi connectivity index (χ1v) is 7.34. The number of nitrogens with zero attached hydrogens (tertiary/aromatic N) is 1. The average molecular weight is 280 g/mol. The van der Waals surface area contributed by atoms with Gasteiger partial charge < -0.3 is 15.0 Å². The number of benzene rings is 1. The molecule has 0 spiro atoms. The second-order valence-electron chi connectivity index (χ2n) is 6.09. The number of rotatable bonds is 4. The van der Waals surface area contributed by atoms with Crippen LogP contribution in [0.25, 0.3) is 0 Å². The summed E-state index contributed by atoms with van der Waals surface area (Å²) in [5, 5.41) is 3.22. The van der Waals surface area contributed by atoms with Crippen LogP contribution in [0, 0.1) is 5.82 Å². The van der Waals surface area contributed by atoms with Gasteiger partial charge in [0.05, 0.1) is 11.7 Å². The highest BCUT2D eigenvalue weighted by atomic mass is 19.1. The number of halogens is 1. The summed E-state index contributed by atoms with van der Waals surface area (Å²) in [7, 11) is 0. The Morgan fingerprint density at radius 1 is 1.45 bits per heavy atom. The van der Waals surface area contributed by atoms with Crippen molar-refractivity contribution in [1.82, 2.24) is 5.32 Å². The van der Waals surface area contributed by atoms with Gasteiger partial charge in [-0.25, -0.2) is 4.39 Å². The van der Waals surface area contributed by atoms with Gasteiger partial charge in [-0.3, -0.25) is 0 Å². The SMILES string of the molecule is CCNCc1c(F)cccc1N1CC(C)OC(C)(C)C1. The van der Waals surface area contributed by atoms with Gasteiger partial charge in [0.1, 0.15) is 5.82 Å². The zero-order chi connectivity index (χ0) is 14.8. The predicted molar refractivity (Wildman–Crippen MR) is 80.6 cm³/mol. The summed E-state index contributed by atoms with van der Waals surface area (Å²) in [4.78, 5) is 2.24. The van der Waals surface area contributed by atoms with Gasteiger partial charge in [0.2, 0.25) is 0 Å². The molecule has 1 unspecified atom stereocenters. The van der Waals surface area contributed by atoms with Gasteiger partial charge in [0, 0.05) is 30.9 Å². The lowest BCUT2D eigenvalue weighted by Crippen LogP contribution is -2.52. The second kappa shape index (κ2) is 6.10. The van der Waals surface area contributed by atoms with E-state index < -0.39 is 0 Å². The van der Waals surface area contributed by atoms with Crippen molar-refractivity contribution >= 4 is 5.69 Å². The molecule has 0 aromatic heterocycles. The lowest BCUT2D eigenvalue weighted by Gasteiger charge is -2.43. The zero-order valence-corrected chi connectivity index (χ0v) is 12.9. The van der Waals surface area contributed by atoms with Crippen molar-refractivity contribution in [2.45, 2.75) is 45.9 Å². The fraction of sp³-hybridized carbons (Fsp3) is 0.625. The van der Waals surface area contributed by atoms with Gasteiger partial charge in [-0.05, 0) is 39.4 Å².